The molecular formula is C12H18ClN3O. The van der Waals surface area contributed by atoms with E-state index in [1.165, 1.54) is 0 Å². The zero-order chi connectivity index (χ0) is 12.7. The molecule has 5 heteroatoms. The molecule has 0 amide bonds. The first kappa shape index (κ1) is 13.8. The van der Waals surface area contributed by atoms with Gasteiger partial charge < -0.3 is 16.3 Å². The highest BCUT2D eigenvalue weighted by Crippen LogP contribution is 2.17. The monoisotopic (exact) mass is 255 g/mol. The van der Waals surface area contributed by atoms with Crippen molar-refractivity contribution < 1.29 is 5.21 Å². The van der Waals surface area contributed by atoms with Crippen LogP contribution in [0.5, 0.6) is 0 Å². The Morgan fingerprint density at radius 3 is 3.00 bits per heavy atom. The van der Waals surface area contributed by atoms with Crippen molar-refractivity contribution in [2.45, 2.75) is 25.8 Å². The zero-order valence-electron chi connectivity index (χ0n) is 9.86. The van der Waals surface area contributed by atoms with Crippen molar-refractivity contribution in [1.29, 1.82) is 0 Å². The van der Waals surface area contributed by atoms with Crippen LogP contribution in [0.3, 0.4) is 0 Å². The second-order valence-corrected chi connectivity index (χ2v) is 4.36. The topological polar surface area (TPSA) is 70.6 Å². The molecule has 0 unspecified atom stereocenters. The Kier molecular flexibility index (Phi) is 5.80. The summed E-state index contributed by atoms with van der Waals surface area (Å²) in [6.07, 6.45) is 1.42. The highest BCUT2D eigenvalue weighted by atomic mass is 35.5. The molecule has 0 spiro atoms. The van der Waals surface area contributed by atoms with E-state index in [0.29, 0.717) is 6.42 Å². The number of rotatable bonds is 6. The maximum atomic E-state index is 8.38. The minimum atomic E-state index is 0.237. The van der Waals surface area contributed by atoms with Gasteiger partial charge in [-0.05, 0) is 37.6 Å². The van der Waals surface area contributed by atoms with Crippen molar-refractivity contribution in [3.63, 3.8) is 0 Å². The number of nitrogens with one attached hydrogen (secondary N) is 1. The van der Waals surface area contributed by atoms with E-state index in [2.05, 4.69) is 17.4 Å². The molecule has 0 fully saturated rings. The summed E-state index contributed by atoms with van der Waals surface area (Å²) in [6, 6.07) is 8.01. The summed E-state index contributed by atoms with van der Waals surface area (Å²) < 4.78 is 0. The molecular weight excluding hydrogens is 238 g/mol. The summed E-state index contributed by atoms with van der Waals surface area (Å²) in [5, 5.41) is 15.4. The maximum absolute atomic E-state index is 8.38. The molecule has 94 valence electrons. The Labute approximate surface area is 106 Å². The van der Waals surface area contributed by atoms with Gasteiger partial charge in [0.1, 0.15) is 5.84 Å². The van der Waals surface area contributed by atoms with Gasteiger partial charge in [-0.3, -0.25) is 0 Å². The van der Waals surface area contributed by atoms with E-state index in [1.807, 2.05) is 24.3 Å². The van der Waals surface area contributed by atoms with Crippen LogP contribution in [0.25, 0.3) is 0 Å². The van der Waals surface area contributed by atoms with Crippen molar-refractivity contribution in [2.75, 3.05) is 6.54 Å². The van der Waals surface area contributed by atoms with Gasteiger partial charge in [-0.25, -0.2) is 0 Å². The molecule has 1 rings (SSSR count). The number of benzene rings is 1. The van der Waals surface area contributed by atoms with E-state index < -0.39 is 0 Å². The molecule has 0 bridgehead atoms. The average molecular weight is 256 g/mol. The van der Waals surface area contributed by atoms with Crippen LogP contribution in [0.4, 0.5) is 0 Å². The predicted molar refractivity (Wildman–Crippen MR) is 70.5 cm³/mol. The third kappa shape index (κ3) is 5.06. The van der Waals surface area contributed by atoms with Crippen molar-refractivity contribution >= 4 is 17.4 Å². The summed E-state index contributed by atoms with van der Waals surface area (Å²) in [5.41, 5.74) is 6.53. The van der Waals surface area contributed by atoms with Crippen LogP contribution in [0, 0.1) is 0 Å². The van der Waals surface area contributed by atoms with Gasteiger partial charge in [0.05, 0.1) is 0 Å². The molecule has 0 saturated carbocycles. The average Bonchev–Trinajstić information content (AvgIpc) is 2.34. The minimum absolute atomic E-state index is 0.237. The Morgan fingerprint density at radius 2 is 2.35 bits per heavy atom. The first-order chi connectivity index (χ1) is 8.13. The number of amidine groups is 1. The lowest BCUT2D eigenvalue weighted by Gasteiger charge is -2.14. The van der Waals surface area contributed by atoms with E-state index >= 15 is 0 Å². The molecule has 0 aromatic heterocycles. The highest BCUT2D eigenvalue weighted by molar-refractivity contribution is 6.30. The number of nitrogens with zero attached hydrogens (tertiary/aromatic N) is 1. The molecule has 1 aromatic carbocycles. The fourth-order valence-corrected chi connectivity index (χ4v) is 1.73. The van der Waals surface area contributed by atoms with Gasteiger partial charge >= 0.3 is 0 Å². The third-order valence-electron chi connectivity index (χ3n) is 2.54. The fraction of sp³-hybridized carbons (Fsp3) is 0.417. The number of oxime groups is 1. The third-order valence-corrected chi connectivity index (χ3v) is 2.77. The summed E-state index contributed by atoms with van der Waals surface area (Å²) in [6.45, 7) is 2.89. The van der Waals surface area contributed by atoms with Gasteiger partial charge in [0.25, 0.3) is 0 Å². The van der Waals surface area contributed by atoms with E-state index in [1.54, 1.807) is 0 Å². The second-order valence-electron chi connectivity index (χ2n) is 3.93. The van der Waals surface area contributed by atoms with E-state index in [-0.39, 0.29) is 11.9 Å². The summed E-state index contributed by atoms with van der Waals surface area (Å²) in [4.78, 5) is 0. The molecule has 17 heavy (non-hydrogen) atoms. The van der Waals surface area contributed by atoms with Gasteiger partial charge in [0.2, 0.25) is 0 Å². The van der Waals surface area contributed by atoms with Gasteiger partial charge in [-0.2, -0.15) is 0 Å². The van der Waals surface area contributed by atoms with E-state index in [0.717, 1.165) is 23.6 Å². The standard InChI is InChI=1S/C12H18ClN3O/c1-9(10-4-2-5-11(13)8-10)15-7-3-6-12(14)16-17/h2,4-5,8-9,15,17H,3,6-7H2,1H3,(H2,14,16)/t9-/m1/s1. The molecule has 0 aliphatic heterocycles. The normalized spacial score (nSPS) is 13.6. The van der Waals surface area contributed by atoms with E-state index in [4.69, 9.17) is 22.5 Å². The molecule has 0 aliphatic carbocycles. The van der Waals surface area contributed by atoms with Crippen LogP contribution < -0.4 is 11.1 Å². The fourth-order valence-electron chi connectivity index (χ4n) is 1.53. The largest absolute Gasteiger partial charge is 0.409 e. The molecule has 0 heterocycles. The first-order valence-corrected chi connectivity index (χ1v) is 5.96. The molecule has 0 aliphatic rings. The van der Waals surface area contributed by atoms with Crippen LogP contribution in [0.15, 0.2) is 29.4 Å². The van der Waals surface area contributed by atoms with Crippen molar-refractivity contribution in [2.24, 2.45) is 10.9 Å². The van der Waals surface area contributed by atoms with E-state index in [9.17, 15) is 0 Å². The number of hydrogen-bond acceptors (Lipinski definition) is 3. The smallest absolute Gasteiger partial charge is 0.139 e. The molecule has 4 nitrogen and oxygen atoms in total. The van der Waals surface area contributed by atoms with Crippen LogP contribution in [0.1, 0.15) is 31.4 Å². The predicted octanol–water partition coefficient (Wildman–Crippen LogP) is 2.52. The zero-order valence-corrected chi connectivity index (χ0v) is 10.6. The van der Waals surface area contributed by atoms with Crippen LogP contribution in [-0.2, 0) is 0 Å². The summed E-state index contributed by atoms with van der Waals surface area (Å²) in [7, 11) is 0. The number of halogens is 1. The molecule has 1 atom stereocenters. The number of hydrogen-bond donors (Lipinski definition) is 3. The number of nitrogens with two attached hydrogens (primary N) is 1. The highest BCUT2D eigenvalue weighted by Gasteiger charge is 2.04. The SMILES string of the molecule is C[C@@H](NCCC/C(N)=N/O)c1cccc(Cl)c1. The van der Waals surface area contributed by atoms with Crippen LogP contribution in [-0.4, -0.2) is 17.6 Å². The summed E-state index contributed by atoms with van der Waals surface area (Å²) >= 11 is 5.92. The van der Waals surface area contributed by atoms with Crippen LogP contribution >= 0.6 is 11.6 Å². The maximum Gasteiger partial charge on any atom is 0.139 e. The lowest BCUT2D eigenvalue weighted by Crippen LogP contribution is -2.21. The Hall–Kier alpha value is -1.26. The Morgan fingerprint density at radius 1 is 1.59 bits per heavy atom. The quantitative estimate of drug-likeness (QED) is 0.241. The lowest BCUT2D eigenvalue weighted by molar-refractivity contribution is 0.316. The van der Waals surface area contributed by atoms with Crippen molar-refractivity contribution in [3.05, 3.63) is 34.9 Å². The van der Waals surface area contributed by atoms with Gasteiger partial charge in [0.15, 0.2) is 0 Å². The molecule has 4 N–H and O–H groups in total. The molecule has 1 aromatic rings. The lowest BCUT2D eigenvalue weighted by atomic mass is 10.1. The first-order valence-electron chi connectivity index (χ1n) is 5.58. The van der Waals surface area contributed by atoms with Gasteiger partial charge in [-0.1, -0.05) is 28.9 Å². The summed E-state index contributed by atoms with van der Waals surface area (Å²) in [5.74, 6) is 0.266. The molecule has 0 radical (unpaired) electrons. The minimum Gasteiger partial charge on any atom is -0.409 e. The van der Waals surface area contributed by atoms with Gasteiger partial charge in [0, 0.05) is 17.5 Å². The van der Waals surface area contributed by atoms with Gasteiger partial charge in [-0.15, -0.1) is 0 Å². The second kappa shape index (κ2) is 7.14. The van der Waals surface area contributed by atoms with Crippen LogP contribution in [0.2, 0.25) is 5.02 Å². The van der Waals surface area contributed by atoms with Crippen molar-refractivity contribution in [1.82, 2.24) is 5.32 Å². The Bertz CT molecular complexity index is 382. The van der Waals surface area contributed by atoms with Crippen molar-refractivity contribution in [3.8, 4) is 0 Å². The Balaban J connectivity index is 2.32. The molecule has 0 saturated heterocycles.